The topological polar surface area (TPSA) is 86.0 Å². The predicted octanol–water partition coefficient (Wildman–Crippen LogP) is 3.70. The number of benzene rings is 2. The Kier molecular flexibility index (Phi) is 6.64. The van der Waals surface area contributed by atoms with Crippen molar-refractivity contribution in [2.45, 2.75) is 13.2 Å². The van der Waals surface area contributed by atoms with Gasteiger partial charge in [0.15, 0.2) is 0 Å². The van der Waals surface area contributed by atoms with E-state index in [0.717, 1.165) is 5.56 Å². The smallest absolute Gasteiger partial charge is 0.373 e. The Bertz CT molecular complexity index is 1040. The van der Waals surface area contributed by atoms with E-state index in [1.54, 1.807) is 25.2 Å². The average Bonchev–Trinajstić information content (AvgIpc) is 3.26. The lowest BCUT2D eigenvalue weighted by atomic mass is 10.1. The highest BCUT2D eigenvalue weighted by Gasteiger charge is 2.21. The van der Waals surface area contributed by atoms with Gasteiger partial charge in [0.05, 0.1) is 18.2 Å². The Morgan fingerprint density at radius 3 is 2.23 bits per heavy atom. The first kappa shape index (κ1) is 20.9. The summed E-state index contributed by atoms with van der Waals surface area (Å²) < 4.78 is 15.1. The molecule has 0 saturated carbocycles. The predicted molar refractivity (Wildman–Crippen MR) is 108 cm³/mol. The lowest BCUT2D eigenvalue weighted by molar-refractivity contribution is 0.0433. The minimum Gasteiger partial charge on any atom is -0.463 e. The number of hydrogen-bond acceptors (Lipinski definition) is 6. The zero-order chi connectivity index (χ0) is 21.5. The van der Waals surface area contributed by atoms with Crippen LogP contribution in [-0.2, 0) is 22.6 Å². The maximum atomic E-state index is 12.9. The van der Waals surface area contributed by atoms with Crippen LogP contribution < -0.4 is 0 Å². The van der Waals surface area contributed by atoms with E-state index in [2.05, 4.69) is 4.74 Å². The molecule has 3 rings (SSSR count). The number of rotatable bonds is 7. The number of ether oxygens (including phenoxy) is 2. The Morgan fingerprint density at radius 2 is 1.53 bits per heavy atom. The van der Waals surface area contributed by atoms with E-state index in [4.69, 9.17) is 9.15 Å². The molecule has 0 bridgehead atoms. The largest absolute Gasteiger partial charge is 0.463 e. The summed E-state index contributed by atoms with van der Waals surface area (Å²) in [5.74, 6) is -1.28. The van der Waals surface area contributed by atoms with Crippen molar-refractivity contribution in [3.63, 3.8) is 0 Å². The summed E-state index contributed by atoms with van der Waals surface area (Å²) in [5.41, 5.74) is 1.38. The molecule has 0 aliphatic carbocycles. The summed E-state index contributed by atoms with van der Waals surface area (Å²) in [6, 6.07) is 19.0. The monoisotopic (exact) mass is 407 g/mol. The normalized spacial score (nSPS) is 10.3. The van der Waals surface area contributed by atoms with E-state index in [9.17, 15) is 14.4 Å². The fourth-order valence-corrected chi connectivity index (χ4v) is 2.86. The number of esters is 2. The molecule has 0 spiro atoms. The average molecular weight is 407 g/mol. The van der Waals surface area contributed by atoms with Gasteiger partial charge in [-0.25, -0.2) is 9.59 Å². The van der Waals surface area contributed by atoms with Crippen LogP contribution in [0.2, 0.25) is 0 Å². The Morgan fingerprint density at radius 1 is 0.867 bits per heavy atom. The van der Waals surface area contributed by atoms with Gasteiger partial charge in [0.25, 0.3) is 5.91 Å². The first-order chi connectivity index (χ1) is 14.5. The van der Waals surface area contributed by atoms with Gasteiger partial charge < -0.3 is 18.8 Å². The molecule has 0 radical (unpaired) electrons. The maximum Gasteiger partial charge on any atom is 0.373 e. The molecule has 154 valence electrons. The summed E-state index contributed by atoms with van der Waals surface area (Å²) in [4.78, 5) is 38.5. The van der Waals surface area contributed by atoms with Crippen LogP contribution in [-0.4, -0.2) is 36.9 Å². The molecule has 1 heterocycles. The molecule has 7 nitrogen and oxygen atoms in total. The minimum absolute atomic E-state index is 0.0154. The number of furan rings is 1. The molecule has 0 unspecified atom stereocenters. The van der Waals surface area contributed by atoms with Gasteiger partial charge in [0, 0.05) is 13.6 Å². The van der Waals surface area contributed by atoms with Gasteiger partial charge in [-0.05, 0) is 29.8 Å². The Hall–Kier alpha value is -3.87. The summed E-state index contributed by atoms with van der Waals surface area (Å²) in [5, 5.41) is 0. The van der Waals surface area contributed by atoms with E-state index in [1.807, 2.05) is 30.3 Å². The van der Waals surface area contributed by atoms with E-state index < -0.39 is 11.9 Å². The van der Waals surface area contributed by atoms with Crippen LogP contribution in [0, 0.1) is 0 Å². The third kappa shape index (κ3) is 4.94. The van der Waals surface area contributed by atoms with Gasteiger partial charge in [-0.15, -0.1) is 0 Å². The first-order valence-corrected chi connectivity index (χ1v) is 9.22. The second kappa shape index (κ2) is 9.56. The van der Waals surface area contributed by atoms with Crippen molar-refractivity contribution >= 4 is 17.8 Å². The van der Waals surface area contributed by atoms with Crippen LogP contribution in [0.5, 0.6) is 0 Å². The highest BCUT2D eigenvalue weighted by Crippen LogP contribution is 2.16. The Labute approximate surface area is 173 Å². The van der Waals surface area contributed by atoms with E-state index in [1.165, 1.54) is 30.2 Å². The quantitative estimate of drug-likeness (QED) is 0.555. The molecular weight excluding hydrogens is 386 g/mol. The van der Waals surface area contributed by atoms with Gasteiger partial charge >= 0.3 is 11.9 Å². The van der Waals surface area contributed by atoms with Crippen molar-refractivity contribution in [2.24, 2.45) is 0 Å². The summed E-state index contributed by atoms with van der Waals surface area (Å²) in [7, 11) is 2.92. The summed E-state index contributed by atoms with van der Waals surface area (Å²) >= 11 is 0. The molecule has 0 fully saturated rings. The van der Waals surface area contributed by atoms with Crippen molar-refractivity contribution in [2.75, 3.05) is 14.2 Å². The third-order valence-corrected chi connectivity index (χ3v) is 4.38. The van der Waals surface area contributed by atoms with Crippen LogP contribution in [0.4, 0.5) is 0 Å². The molecule has 3 aromatic rings. The standard InChI is InChI=1S/C23H21NO6/c1-24(14-16-8-4-3-5-9-16)21(25)18-10-6-7-11-19(18)22(26)29-15-17-12-13-20(30-17)23(27)28-2/h3-13H,14-15H2,1-2H3. The summed E-state index contributed by atoms with van der Waals surface area (Å²) in [6.07, 6.45) is 0. The highest BCUT2D eigenvalue weighted by atomic mass is 16.5. The number of hydrogen-bond donors (Lipinski definition) is 0. The summed E-state index contributed by atoms with van der Waals surface area (Å²) in [6.45, 7) is 0.226. The van der Waals surface area contributed by atoms with Crippen molar-refractivity contribution in [3.8, 4) is 0 Å². The number of carbonyl (C=O) groups excluding carboxylic acids is 3. The molecular formula is C23H21NO6. The molecule has 0 aliphatic heterocycles. The van der Waals surface area contributed by atoms with E-state index >= 15 is 0 Å². The van der Waals surface area contributed by atoms with Gasteiger partial charge in [-0.3, -0.25) is 4.79 Å². The van der Waals surface area contributed by atoms with Gasteiger partial charge in [0.1, 0.15) is 12.4 Å². The number of carbonyl (C=O) groups is 3. The van der Waals surface area contributed by atoms with E-state index in [-0.39, 0.29) is 35.2 Å². The molecule has 0 aliphatic rings. The lowest BCUT2D eigenvalue weighted by Crippen LogP contribution is -2.28. The van der Waals surface area contributed by atoms with Crippen LogP contribution in [0.1, 0.15) is 42.6 Å². The molecule has 30 heavy (non-hydrogen) atoms. The second-order valence-electron chi connectivity index (χ2n) is 6.53. The molecule has 7 heteroatoms. The second-order valence-corrected chi connectivity index (χ2v) is 6.53. The SMILES string of the molecule is COC(=O)c1ccc(COC(=O)c2ccccc2C(=O)N(C)Cc2ccccc2)o1. The van der Waals surface area contributed by atoms with Crippen molar-refractivity contribution < 1.29 is 28.3 Å². The Balaban J connectivity index is 1.69. The van der Waals surface area contributed by atoms with Gasteiger partial charge in [-0.2, -0.15) is 0 Å². The highest BCUT2D eigenvalue weighted by molar-refractivity contribution is 6.05. The van der Waals surface area contributed by atoms with Crippen molar-refractivity contribution in [1.29, 1.82) is 0 Å². The van der Waals surface area contributed by atoms with Crippen LogP contribution in [0.3, 0.4) is 0 Å². The number of nitrogens with zero attached hydrogens (tertiary/aromatic N) is 1. The van der Waals surface area contributed by atoms with Crippen molar-refractivity contribution in [1.82, 2.24) is 4.90 Å². The molecule has 0 saturated heterocycles. The molecule has 1 aromatic heterocycles. The van der Waals surface area contributed by atoms with Crippen molar-refractivity contribution in [3.05, 3.63) is 94.9 Å². The van der Waals surface area contributed by atoms with Gasteiger partial charge in [-0.1, -0.05) is 42.5 Å². The van der Waals surface area contributed by atoms with Gasteiger partial charge in [0.2, 0.25) is 5.76 Å². The van der Waals surface area contributed by atoms with Crippen LogP contribution >= 0.6 is 0 Å². The third-order valence-electron chi connectivity index (χ3n) is 4.38. The fraction of sp³-hybridized carbons (Fsp3) is 0.174. The molecule has 0 atom stereocenters. The maximum absolute atomic E-state index is 12.9. The zero-order valence-corrected chi connectivity index (χ0v) is 16.7. The van der Waals surface area contributed by atoms with Crippen LogP contribution in [0.15, 0.2) is 71.1 Å². The minimum atomic E-state index is -0.664. The zero-order valence-electron chi connectivity index (χ0n) is 16.7. The van der Waals surface area contributed by atoms with E-state index in [0.29, 0.717) is 6.54 Å². The fourth-order valence-electron chi connectivity index (χ4n) is 2.86. The number of amides is 1. The first-order valence-electron chi connectivity index (χ1n) is 9.22. The molecule has 2 aromatic carbocycles. The lowest BCUT2D eigenvalue weighted by Gasteiger charge is -2.19. The van der Waals surface area contributed by atoms with Crippen LogP contribution in [0.25, 0.3) is 0 Å². The molecule has 0 N–H and O–H groups in total. The number of methoxy groups -OCH3 is 1. The molecule has 1 amide bonds.